The molecule has 0 saturated heterocycles. The third-order valence-corrected chi connectivity index (χ3v) is 4.12. The van der Waals surface area contributed by atoms with Crippen LogP contribution in [0.1, 0.15) is 41.8 Å². The van der Waals surface area contributed by atoms with E-state index < -0.39 is 11.4 Å². The molecule has 2 amide bonds. The van der Waals surface area contributed by atoms with Gasteiger partial charge in [-0.05, 0) is 30.5 Å². The Bertz CT molecular complexity index is 623. The van der Waals surface area contributed by atoms with Crippen molar-refractivity contribution in [3.8, 4) is 0 Å². The maximum atomic E-state index is 12.6. The molecule has 1 aliphatic heterocycles. The summed E-state index contributed by atoms with van der Waals surface area (Å²) in [5, 5.41) is 0. The van der Waals surface area contributed by atoms with E-state index in [2.05, 4.69) is 0 Å². The molecule has 0 bridgehead atoms. The molecule has 112 valence electrons. The van der Waals surface area contributed by atoms with Crippen molar-refractivity contribution in [2.24, 2.45) is 0 Å². The van der Waals surface area contributed by atoms with E-state index in [0.717, 1.165) is 16.9 Å². The number of ether oxygens (including phenoxy) is 1. The molecule has 0 saturated carbocycles. The van der Waals surface area contributed by atoms with Gasteiger partial charge >= 0.3 is 5.97 Å². The highest BCUT2D eigenvalue weighted by molar-refractivity contribution is 6.13. The van der Waals surface area contributed by atoms with Gasteiger partial charge < -0.3 is 4.74 Å². The van der Waals surface area contributed by atoms with Crippen LogP contribution in [0.25, 0.3) is 0 Å². The summed E-state index contributed by atoms with van der Waals surface area (Å²) in [5.74, 6) is -1.18. The standard InChI is InChI=1S/C16H19NO4/c1-5-10-6-7-11-12(8-10)16(2,9-13(18)21-4)15(20)17(3)14(11)19/h6-8H,5,9H2,1-4H3. The fraction of sp³-hybridized carbons (Fsp3) is 0.438. The van der Waals surface area contributed by atoms with Gasteiger partial charge in [0.15, 0.2) is 0 Å². The van der Waals surface area contributed by atoms with Crippen LogP contribution in [0.2, 0.25) is 0 Å². The van der Waals surface area contributed by atoms with E-state index in [4.69, 9.17) is 4.74 Å². The van der Waals surface area contributed by atoms with Crippen molar-refractivity contribution in [1.82, 2.24) is 4.90 Å². The second kappa shape index (κ2) is 5.31. The minimum Gasteiger partial charge on any atom is -0.469 e. The summed E-state index contributed by atoms with van der Waals surface area (Å²) in [4.78, 5) is 37.6. The van der Waals surface area contributed by atoms with Gasteiger partial charge in [-0.1, -0.05) is 19.1 Å². The number of benzene rings is 1. The average Bonchev–Trinajstić information content (AvgIpc) is 2.50. The van der Waals surface area contributed by atoms with Crippen LogP contribution in [0.4, 0.5) is 0 Å². The van der Waals surface area contributed by atoms with Gasteiger partial charge in [0.1, 0.15) is 0 Å². The number of fused-ring (bicyclic) bond motifs is 1. The van der Waals surface area contributed by atoms with Crippen LogP contribution >= 0.6 is 0 Å². The van der Waals surface area contributed by atoms with Crippen molar-refractivity contribution < 1.29 is 19.1 Å². The second-order valence-corrected chi connectivity index (χ2v) is 5.49. The summed E-state index contributed by atoms with van der Waals surface area (Å²) in [7, 11) is 2.73. The molecule has 5 heteroatoms. The van der Waals surface area contributed by atoms with Gasteiger partial charge in [-0.2, -0.15) is 0 Å². The Morgan fingerprint density at radius 1 is 1.33 bits per heavy atom. The molecule has 2 rings (SSSR count). The van der Waals surface area contributed by atoms with Crippen molar-refractivity contribution >= 4 is 17.8 Å². The molecule has 0 aliphatic carbocycles. The third kappa shape index (κ3) is 2.33. The van der Waals surface area contributed by atoms with Crippen LogP contribution in [0.15, 0.2) is 18.2 Å². The van der Waals surface area contributed by atoms with Gasteiger partial charge in [-0.15, -0.1) is 0 Å². The van der Waals surface area contributed by atoms with E-state index >= 15 is 0 Å². The molecule has 1 aromatic rings. The lowest BCUT2D eigenvalue weighted by molar-refractivity contribution is -0.147. The number of nitrogens with zero attached hydrogens (tertiary/aromatic N) is 1. The molecule has 1 atom stereocenters. The van der Waals surface area contributed by atoms with Crippen molar-refractivity contribution in [3.05, 3.63) is 34.9 Å². The molecule has 1 aromatic carbocycles. The first kappa shape index (κ1) is 15.2. The number of esters is 1. The number of imide groups is 1. The highest BCUT2D eigenvalue weighted by Crippen LogP contribution is 2.37. The van der Waals surface area contributed by atoms with Gasteiger partial charge in [0.25, 0.3) is 5.91 Å². The van der Waals surface area contributed by atoms with Crippen molar-refractivity contribution in [2.75, 3.05) is 14.2 Å². The number of likely N-dealkylation sites (N-methyl/N-ethyl adjacent to an activating group) is 1. The van der Waals surface area contributed by atoms with Crippen LogP contribution in [0.3, 0.4) is 0 Å². The van der Waals surface area contributed by atoms with Gasteiger partial charge in [0, 0.05) is 12.6 Å². The first-order valence-corrected chi connectivity index (χ1v) is 6.87. The molecule has 0 spiro atoms. The summed E-state index contributed by atoms with van der Waals surface area (Å²) in [6, 6.07) is 5.45. The lowest BCUT2D eigenvalue weighted by Gasteiger charge is -2.37. The number of hydrogen-bond donors (Lipinski definition) is 0. The fourth-order valence-electron chi connectivity index (χ4n) is 2.74. The Kier molecular flexibility index (Phi) is 3.85. The number of aryl methyl sites for hydroxylation is 1. The fourth-order valence-corrected chi connectivity index (χ4v) is 2.74. The number of carbonyl (C=O) groups is 3. The predicted molar refractivity (Wildman–Crippen MR) is 76.9 cm³/mol. The zero-order valence-electron chi connectivity index (χ0n) is 12.7. The first-order valence-electron chi connectivity index (χ1n) is 6.87. The smallest absolute Gasteiger partial charge is 0.306 e. The Morgan fingerprint density at radius 3 is 2.57 bits per heavy atom. The molecule has 21 heavy (non-hydrogen) atoms. The maximum Gasteiger partial charge on any atom is 0.306 e. The normalized spacial score (nSPS) is 21.2. The van der Waals surface area contributed by atoms with E-state index in [1.165, 1.54) is 14.2 Å². The number of methoxy groups -OCH3 is 1. The monoisotopic (exact) mass is 289 g/mol. The molecule has 0 fully saturated rings. The molecule has 1 aliphatic rings. The summed E-state index contributed by atoms with van der Waals surface area (Å²) in [6.45, 7) is 3.69. The van der Waals surface area contributed by atoms with E-state index in [1.807, 2.05) is 19.1 Å². The highest BCUT2D eigenvalue weighted by atomic mass is 16.5. The van der Waals surface area contributed by atoms with E-state index in [1.54, 1.807) is 13.0 Å². The Hall–Kier alpha value is -2.17. The minimum atomic E-state index is -1.07. The summed E-state index contributed by atoms with van der Waals surface area (Å²) >= 11 is 0. The van der Waals surface area contributed by atoms with E-state index in [0.29, 0.717) is 11.1 Å². The molecular weight excluding hydrogens is 270 g/mol. The van der Waals surface area contributed by atoms with Crippen LogP contribution in [0, 0.1) is 0 Å². The maximum absolute atomic E-state index is 12.6. The molecule has 1 unspecified atom stereocenters. The quantitative estimate of drug-likeness (QED) is 0.627. The zero-order valence-corrected chi connectivity index (χ0v) is 12.7. The average molecular weight is 289 g/mol. The number of hydrogen-bond acceptors (Lipinski definition) is 4. The van der Waals surface area contributed by atoms with Crippen molar-refractivity contribution in [3.63, 3.8) is 0 Å². The zero-order chi connectivity index (χ0) is 15.8. The highest BCUT2D eigenvalue weighted by Gasteiger charge is 2.47. The van der Waals surface area contributed by atoms with Crippen LogP contribution in [-0.4, -0.2) is 36.8 Å². The lowest BCUT2D eigenvalue weighted by atomic mass is 9.73. The van der Waals surface area contributed by atoms with Crippen LogP contribution in [0.5, 0.6) is 0 Å². The summed E-state index contributed by atoms with van der Waals surface area (Å²) in [5.41, 5.74) is 1.03. The SMILES string of the molecule is CCc1ccc2c(c1)C(C)(CC(=O)OC)C(=O)N(C)C2=O. The first-order chi connectivity index (χ1) is 9.85. The van der Waals surface area contributed by atoms with Crippen LogP contribution < -0.4 is 0 Å². The third-order valence-electron chi connectivity index (χ3n) is 4.12. The minimum absolute atomic E-state index is 0.0832. The van der Waals surface area contributed by atoms with E-state index in [9.17, 15) is 14.4 Å². The van der Waals surface area contributed by atoms with Gasteiger partial charge in [-0.3, -0.25) is 19.3 Å². The topological polar surface area (TPSA) is 63.7 Å². The number of amides is 2. The number of carbonyl (C=O) groups excluding carboxylic acids is 3. The molecule has 0 radical (unpaired) electrons. The summed E-state index contributed by atoms with van der Waals surface area (Å²) < 4.78 is 4.71. The molecule has 1 heterocycles. The van der Waals surface area contributed by atoms with Crippen molar-refractivity contribution in [1.29, 1.82) is 0 Å². The largest absolute Gasteiger partial charge is 0.469 e. The molecule has 0 N–H and O–H groups in total. The number of rotatable bonds is 3. The Balaban J connectivity index is 2.64. The van der Waals surface area contributed by atoms with Gasteiger partial charge in [0.05, 0.1) is 18.9 Å². The predicted octanol–water partition coefficient (Wildman–Crippen LogP) is 1.68. The van der Waals surface area contributed by atoms with Crippen LogP contribution in [-0.2, 0) is 26.2 Å². The lowest BCUT2D eigenvalue weighted by Crippen LogP contribution is -2.52. The van der Waals surface area contributed by atoms with Gasteiger partial charge in [-0.25, -0.2) is 0 Å². The van der Waals surface area contributed by atoms with Crippen molar-refractivity contribution in [2.45, 2.75) is 32.1 Å². The Morgan fingerprint density at radius 2 is 2.00 bits per heavy atom. The van der Waals surface area contributed by atoms with E-state index in [-0.39, 0.29) is 18.2 Å². The van der Waals surface area contributed by atoms with Gasteiger partial charge in [0.2, 0.25) is 5.91 Å². The summed E-state index contributed by atoms with van der Waals surface area (Å²) in [6.07, 6.45) is 0.708. The molecule has 5 nitrogen and oxygen atoms in total. The molecular formula is C16H19NO4. The molecule has 0 aromatic heterocycles. The Labute approximate surface area is 123 Å². The second-order valence-electron chi connectivity index (χ2n) is 5.49.